The molecule has 0 spiro atoms. The van der Waals surface area contributed by atoms with Crippen molar-refractivity contribution in [1.82, 2.24) is 4.98 Å². The molecule has 9 heteroatoms. The van der Waals surface area contributed by atoms with E-state index in [4.69, 9.17) is 13.9 Å². The van der Waals surface area contributed by atoms with Crippen LogP contribution in [0.1, 0.15) is 34.6 Å². The van der Waals surface area contributed by atoms with Crippen LogP contribution in [0.2, 0.25) is 0 Å². The number of hydrogen-bond acceptors (Lipinski definition) is 8. The maximum atomic E-state index is 13.5. The molecule has 0 saturated carbocycles. The lowest BCUT2D eigenvalue weighted by atomic mass is 9.94. The predicted molar refractivity (Wildman–Crippen MR) is 131 cm³/mol. The topological polar surface area (TPSA) is 102 Å². The highest BCUT2D eigenvalue weighted by Crippen LogP contribution is 2.47. The summed E-state index contributed by atoms with van der Waals surface area (Å²) in [5, 5.41) is 11.3. The number of hydrogen-bond donors (Lipinski definition) is 1. The van der Waals surface area contributed by atoms with Crippen LogP contribution in [0.3, 0.4) is 0 Å². The first kappa shape index (κ1) is 22.7. The van der Waals surface area contributed by atoms with Gasteiger partial charge in [-0.3, -0.25) is 14.5 Å². The van der Waals surface area contributed by atoms with Gasteiger partial charge in [-0.15, -0.1) is 0 Å². The Kier molecular flexibility index (Phi) is 5.78. The van der Waals surface area contributed by atoms with Crippen LogP contribution >= 0.6 is 11.3 Å². The average molecular weight is 491 g/mol. The molecule has 0 aliphatic carbocycles. The number of fused-ring (bicyclic) bond motifs is 1. The molecule has 0 bridgehead atoms. The summed E-state index contributed by atoms with van der Waals surface area (Å²) in [5.41, 5.74) is 2.20. The number of aryl methyl sites for hydroxylation is 1. The van der Waals surface area contributed by atoms with Gasteiger partial charge in [0.25, 0.3) is 5.91 Å². The van der Waals surface area contributed by atoms with Gasteiger partial charge in [0.1, 0.15) is 17.5 Å². The number of aliphatic hydroxyl groups excluding tert-OH is 1. The van der Waals surface area contributed by atoms with E-state index in [2.05, 4.69) is 11.9 Å². The fraction of sp³-hybridized carbons (Fsp3) is 0.192. The molecule has 2 aromatic carbocycles. The third-order valence-corrected chi connectivity index (χ3v) is 7.00. The Morgan fingerprint density at radius 3 is 2.69 bits per heavy atom. The lowest BCUT2D eigenvalue weighted by Gasteiger charge is -2.26. The molecule has 1 atom stereocenters. The fourth-order valence-electron chi connectivity index (χ4n) is 4.20. The molecule has 0 radical (unpaired) electrons. The molecule has 35 heavy (non-hydrogen) atoms. The van der Waals surface area contributed by atoms with E-state index in [1.54, 1.807) is 24.3 Å². The quantitative estimate of drug-likeness (QED) is 0.353. The Balaban J connectivity index is 1.73. The van der Waals surface area contributed by atoms with Crippen molar-refractivity contribution in [3.05, 3.63) is 83.0 Å². The smallest absolute Gasteiger partial charge is 0.296 e. The first-order chi connectivity index (χ1) is 17.0. The van der Waals surface area contributed by atoms with Crippen LogP contribution in [0.5, 0.6) is 11.5 Å². The number of amides is 1. The summed E-state index contributed by atoms with van der Waals surface area (Å²) in [4.78, 5) is 32.9. The second-order valence-corrected chi connectivity index (χ2v) is 8.92. The fourth-order valence-corrected chi connectivity index (χ4v) is 5.26. The summed E-state index contributed by atoms with van der Waals surface area (Å²) in [7, 11) is 3.01. The van der Waals surface area contributed by atoms with Crippen molar-refractivity contribution in [3.63, 3.8) is 0 Å². The highest BCUT2D eigenvalue weighted by atomic mass is 32.1. The van der Waals surface area contributed by atoms with E-state index in [1.165, 1.54) is 42.8 Å². The minimum atomic E-state index is -1.02. The molecule has 0 unspecified atom stereocenters. The number of thiazole rings is 1. The highest BCUT2D eigenvalue weighted by molar-refractivity contribution is 7.22. The van der Waals surface area contributed by atoms with E-state index in [0.717, 1.165) is 22.2 Å². The van der Waals surface area contributed by atoms with Gasteiger partial charge in [0.15, 0.2) is 16.7 Å². The van der Waals surface area contributed by atoms with Gasteiger partial charge in [-0.05, 0) is 54.4 Å². The molecular formula is C26H22N2O6S. The summed E-state index contributed by atoms with van der Waals surface area (Å²) in [6.45, 7) is 2.06. The number of Topliss-reactive ketones (excluding diaryl/α,β-unsaturated/α-hetero) is 1. The van der Waals surface area contributed by atoms with E-state index in [-0.39, 0.29) is 11.3 Å². The third kappa shape index (κ3) is 3.74. The Labute approximate surface area is 205 Å². The molecule has 1 aliphatic heterocycles. The van der Waals surface area contributed by atoms with Gasteiger partial charge in [0.05, 0.1) is 36.3 Å². The lowest BCUT2D eigenvalue weighted by Crippen LogP contribution is -2.31. The molecule has 1 N–H and O–H groups in total. The number of carbonyl (C=O) groups is 2. The van der Waals surface area contributed by atoms with E-state index in [9.17, 15) is 14.7 Å². The number of carbonyl (C=O) groups excluding carboxylic acids is 2. The van der Waals surface area contributed by atoms with Crippen LogP contribution in [-0.2, 0) is 11.2 Å². The maximum Gasteiger partial charge on any atom is 0.296 e. The van der Waals surface area contributed by atoms with Crippen molar-refractivity contribution >= 4 is 38.4 Å². The molecule has 1 aliphatic rings. The van der Waals surface area contributed by atoms with Gasteiger partial charge >= 0.3 is 0 Å². The SMILES string of the molecule is CCc1ccc2nc(N3C(=O)C(O)=C(C(=O)c4ccco4)[C@H]3c3cc(OC)ccc3OC)sc2c1. The van der Waals surface area contributed by atoms with Crippen molar-refractivity contribution < 1.29 is 28.6 Å². The van der Waals surface area contributed by atoms with Gasteiger partial charge in [0, 0.05) is 5.56 Å². The highest BCUT2D eigenvalue weighted by Gasteiger charge is 2.47. The summed E-state index contributed by atoms with van der Waals surface area (Å²) in [5.74, 6) is -1.07. The Morgan fingerprint density at radius 2 is 2.00 bits per heavy atom. The second-order valence-electron chi connectivity index (χ2n) is 7.91. The molecule has 8 nitrogen and oxygen atoms in total. The normalized spacial score (nSPS) is 15.8. The monoisotopic (exact) mass is 490 g/mol. The number of aliphatic hydroxyl groups is 1. The van der Waals surface area contributed by atoms with Crippen molar-refractivity contribution in [3.8, 4) is 11.5 Å². The van der Waals surface area contributed by atoms with Crippen LogP contribution < -0.4 is 14.4 Å². The van der Waals surface area contributed by atoms with Crippen LogP contribution in [0.4, 0.5) is 5.13 Å². The Bertz CT molecular complexity index is 1470. The standard InChI is InChI=1S/C26H22N2O6S/c1-4-14-7-9-17-20(12-14)35-26(27-17)28-22(16-13-15(32-2)8-10-18(16)33-3)21(24(30)25(28)31)23(29)19-6-5-11-34-19/h5-13,22,30H,4H2,1-3H3/t22-/m1/s1. The lowest BCUT2D eigenvalue weighted by molar-refractivity contribution is -0.117. The van der Waals surface area contributed by atoms with Crippen LogP contribution in [0, 0.1) is 0 Å². The number of methoxy groups -OCH3 is 2. The number of rotatable bonds is 7. The first-order valence-electron chi connectivity index (χ1n) is 10.9. The largest absolute Gasteiger partial charge is 0.503 e. The summed E-state index contributed by atoms with van der Waals surface area (Å²) < 4.78 is 17.2. The van der Waals surface area contributed by atoms with Gasteiger partial charge in [0.2, 0.25) is 5.78 Å². The zero-order valence-corrected chi connectivity index (χ0v) is 20.1. The number of furan rings is 1. The summed E-state index contributed by atoms with van der Waals surface area (Å²) in [6, 6.07) is 13.0. The summed E-state index contributed by atoms with van der Waals surface area (Å²) in [6.07, 6.45) is 2.22. The average Bonchev–Trinajstić information content (AvgIpc) is 3.61. The van der Waals surface area contributed by atoms with Gasteiger partial charge in [-0.25, -0.2) is 4.98 Å². The molecule has 3 heterocycles. The number of aromatic nitrogens is 1. The first-order valence-corrected chi connectivity index (χ1v) is 11.7. The van der Waals surface area contributed by atoms with E-state index in [0.29, 0.717) is 22.2 Å². The zero-order valence-electron chi connectivity index (χ0n) is 19.3. The predicted octanol–water partition coefficient (Wildman–Crippen LogP) is 5.25. The van der Waals surface area contributed by atoms with Crippen molar-refractivity contribution in [2.24, 2.45) is 0 Å². The molecule has 1 amide bonds. The van der Waals surface area contributed by atoms with E-state index >= 15 is 0 Å². The van der Waals surface area contributed by atoms with Crippen molar-refractivity contribution in [2.75, 3.05) is 19.1 Å². The molecule has 0 fully saturated rings. The van der Waals surface area contributed by atoms with Gasteiger partial charge < -0.3 is 19.0 Å². The number of anilines is 1. The molecule has 2 aromatic heterocycles. The minimum Gasteiger partial charge on any atom is -0.503 e. The molecular weight excluding hydrogens is 468 g/mol. The Morgan fingerprint density at radius 1 is 1.17 bits per heavy atom. The molecule has 4 aromatic rings. The van der Waals surface area contributed by atoms with Gasteiger partial charge in [-0.2, -0.15) is 0 Å². The summed E-state index contributed by atoms with van der Waals surface area (Å²) >= 11 is 1.31. The van der Waals surface area contributed by atoms with E-state index in [1.807, 2.05) is 18.2 Å². The van der Waals surface area contributed by atoms with Crippen LogP contribution in [0.15, 0.2) is 70.5 Å². The number of benzene rings is 2. The van der Waals surface area contributed by atoms with Crippen LogP contribution in [-0.4, -0.2) is 36.0 Å². The number of ether oxygens (including phenoxy) is 2. The number of nitrogens with zero attached hydrogens (tertiary/aromatic N) is 2. The Hall–Kier alpha value is -4.11. The number of ketones is 1. The van der Waals surface area contributed by atoms with Crippen LogP contribution in [0.25, 0.3) is 10.2 Å². The van der Waals surface area contributed by atoms with Crippen molar-refractivity contribution in [1.29, 1.82) is 0 Å². The third-order valence-electron chi connectivity index (χ3n) is 5.99. The molecule has 0 saturated heterocycles. The zero-order chi connectivity index (χ0) is 24.7. The van der Waals surface area contributed by atoms with E-state index < -0.39 is 23.5 Å². The second kappa shape index (κ2) is 8.92. The molecule has 178 valence electrons. The minimum absolute atomic E-state index is 0.00458. The van der Waals surface area contributed by atoms with Gasteiger partial charge in [-0.1, -0.05) is 24.3 Å². The molecule has 5 rings (SSSR count). The van der Waals surface area contributed by atoms with Crippen molar-refractivity contribution in [2.45, 2.75) is 19.4 Å². The maximum absolute atomic E-state index is 13.5.